The molecule has 18 heavy (non-hydrogen) atoms. The highest BCUT2D eigenvalue weighted by atomic mass is 16.5. The zero-order valence-electron chi connectivity index (χ0n) is 10.3. The van der Waals surface area contributed by atoms with Crippen molar-refractivity contribution in [2.24, 2.45) is 0 Å². The molecule has 0 bridgehead atoms. The van der Waals surface area contributed by atoms with E-state index in [0.29, 0.717) is 25.3 Å². The summed E-state index contributed by atoms with van der Waals surface area (Å²) < 4.78 is 5.06. The maximum Gasteiger partial charge on any atom is 0.258 e. The molecule has 0 aromatic carbocycles. The summed E-state index contributed by atoms with van der Waals surface area (Å²) in [4.78, 5) is 17.6. The normalized spacial score (nSPS) is 15.4. The van der Waals surface area contributed by atoms with E-state index in [1.54, 1.807) is 12.0 Å². The molecule has 0 fully saturated rings. The number of aromatic hydroxyl groups is 1. The Morgan fingerprint density at radius 1 is 1.61 bits per heavy atom. The second kappa shape index (κ2) is 5.64. The van der Waals surface area contributed by atoms with Crippen LogP contribution in [0.1, 0.15) is 16.8 Å². The Bertz CT molecular complexity index is 471. The number of aromatic nitrogens is 1. The van der Waals surface area contributed by atoms with E-state index < -0.39 is 0 Å². The average Bonchev–Trinajstić information content (AvgIpc) is 2.40. The van der Waals surface area contributed by atoms with E-state index in [2.05, 4.69) is 4.98 Å². The Kier molecular flexibility index (Phi) is 3.94. The van der Waals surface area contributed by atoms with Gasteiger partial charge in [0.2, 0.25) is 0 Å². The summed E-state index contributed by atoms with van der Waals surface area (Å²) in [5.74, 6) is -0.239. The zero-order chi connectivity index (χ0) is 13.0. The SMILES string of the molecule is COCC1=CCN(C(=O)c2ccncc2O)CC1. The lowest BCUT2D eigenvalue weighted by Crippen LogP contribution is -2.35. The number of pyridine rings is 1. The van der Waals surface area contributed by atoms with Gasteiger partial charge in [0.05, 0.1) is 18.4 Å². The Balaban J connectivity index is 2.06. The van der Waals surface area contributed by atoms with Crippen molar-refractivity contribution in [2.75, 3.05) is 26.8 Å². The molecule has 2 rings (SSSR count). The molecule has 1 aliphatic rings. The van der Waals surface area contributed by atoms with Crippen LogP contribution < -0.4 is 0 Å². The van der Waals surface area contributed by atoms with Crippen molar-refractivity contribution in [3.8, 4) is 5.75 Å². The van der Waals surface area contributed by atoms with Gasteiger partial charge in [-0.1, -0.05) is 6.08 Å². The molecule has 2 heterocycles. The van der Waals surface area contributed by atoms with E-state index in [-0.39, 0.29) is 11.7 Å². The Labute approximate surface area is 106 Å². The maximum absolute atomic E-state index is 12.2. The van der Waals surface area contributed by atoms with Gasteiger partial charge in [-0.05, 0) is 18.1 Å². The molecule has 1 amide bonds. The lowest BCUT2D eigenvalue weighted by Gasteiger charge is -2.26. The molecule has 5 nitrogen and oxygen atoms in total. The maximum atomic E-state index is 12.2. The first kappa shape index (κ1) is 12.6. The highest BCUT2D eigenvalue weighted by Crippen LogP contribution is 2.19. The average molecular weight is 248 g/mol. The predicted molar refractivity (Wildman–Crippen MR) is 66.4 cm³/mol. The summed E-state index contributed by atoms with van der Waals surface area (Å²) in [7, 11) is 1.66. The molecule has 96 valence electrons. The summed E-state index contributed by atoms with van der Waals surface area (Å²) >= 11 is 0. The van der Waals surface area contributed by atoms with Crippen LogP contribution in [0.2, 0.25) is 0 Å². The molecule has 1 aromatic rings. The second-order valence-electron chi connectivity index (χ2n) is 4.19. The Morgan fingerprint density at radius 2 is 2.44 bits per heavy atom. The molecule has 1 aromatic heterocycles. The minimum Gasteiger partial charge on any atom is -0.505 e. The van der Waals surface area contributed by atoms with E-state index >= 15 is 0 Å². The van der Waals surface area contributed by atoms with Crippen molar-refractivity contribution in [3.63, 3.8) is 0 Å². The van der Waals surface area contributed by atoms with Gasteiger partial charge in [-0.3, -0.25) is 9.78 Å². The first-order valence-corrected chi connectivity index (χ1v) is 5.81. The molecular formula is C13H16N2O3. The number of amides is 1. The number of hydrogen-bond donors (Lipinski definition) is 1. The van der Waals surface area contributed by atoms with Gasteiger partial charge in [-0.25, -0.2) is 0 Å². The number of carbonyl (C=O) groups excluding carboxylic acids is 1. The minimum absolute atomic E-state index is 0.0748. The van der Waals surface area contributed by atoms with Crippen LogP contribution in [0.15, 0.2) is 30.1 Å². The third kappa shape index (κ3) is 2.68. The summed E-state index contributed by atoms with van der Waals surface area (Å²) in [5, 5.41) is 9.60. The topological polar surface area (TPSA) is 62.7 Å². The van der Waals surface area contributed by atoms with Crippen molar-refractivity contribution in [1.29, 1.82) is 0 Å². The fraction of sp³-hybridized carbons (Fsp3) is 0.385. The number of carbonyl (C=O) groups is 1. The number of methoxy groups -OCH3 is 1. The molecular weight excluding hydrogens is 232 g/mol. The van der Waals surface area contributed by atoms with Crippen LogP contribution in [-0.4, -0.2) is 47.7 Å². The highest BCUT2D eigenvalue weighted by Gasteiger charge is 2.20. The molecule has 1 aliphatic heterocycles. The van der Waals surface area contributed by atoms with Gasteiger partial charge >= 0.3 is 0 Å². The van der Waals surface area contributed by atoms with Gasteiger partial charge in [0.25, 0.3) is 5.91 Å². The molecule has 0 atom stereocenters. The van der Waals surface area contributed by atoms with Gasteiger partial charge in [-0.15, -0.1) is 0 Å². The number of rotatable bonds is 3. The molecule has 1 N–H and O–H groups in total. The fourth-order valence-corrected chi connectivity index (χ4v) is 1.95. The van der Waals surface area contributed by atoms with Crippen molar-refractivity contribution in [2.45, 2.75) is 6.42 Å². The van der Waals surface area contributed by atoms with Crippen molar-refractivity contribution >= 4 is 5.91 Å². The minimum atomic E-state index is -0.164. The molecule has 0 unspecified atom stereocenters. The lowest BCUT2D eigenvalue weighted by molar-refractivity contribution is 0.0761. The van der Waals surface area contributed by atoms with Crippen LogP contribution >= 0.6 is 0 Å². The monoisotopic (exact) mass is 248 g/mol. The van der Waals surface area contributed by atoms with Crippen molar-refractivity contribution < 1.29 is 14.6 Å². The van der Waals surface area contributed by atoms with Crippen molar-refractivity contribution in [3.05, 3.63) is 35.7 Å². The molecule has 0 aliphatic carbocycles. The van der Waals surface area contributed by atoms with Crippen LogP contribution in [-0.2, 0) is 4.74 Å². The summed E-state index contributed by atoms with van der Waals surface area (Å²) in [6, 6.07) is 1.53. The van der Waals surface area contributed by atoms with E-state index in [1.165, 1.54) is 24.0 Å². The Hall–Kier alpha value is -1.88. The van der Waals surface area contributed by atoms with Gasteiger partial charge in [0.15, 0.2) is 0 Å². The molecule has 0 spiro atoms. The highest BCUT2D eigenvalue weighted by molar-refractivity contribution is 5.96. The van der Waals surface area contributed by atoms with Gasteiger partial charge < -0.3 is 14.7 Å². The molecule has 0 radical (unpaired) electrons. The van der Waals surface area contributed by atoms with Crippen molar-refractivity contribution in [1.82, 2.24) is 9.88 Å². The van der Waals surface area contributed by atoms with Crippen LogP contribution in [0.4, 0.5) is 0 Å². The first-order chi connectivity index (χ1) is 8.72. The summed E-state index contributed by atoms with van der Waals surface area (Å²) in [6.45, 7) is 1.82. The zero-order valence-corrected chi connectivity index (χ0v) is 10.3. The van der Waals surface area contributed by atoms with Gasteiger partial charge in [0, 0.05) is 26.4 Å². The van der Waals surface area contributed by atoms with Gasteiger partial charge in [-0.2, -0.15) is 0 Å². The third-order valence-electron chi connectivity index (χ3n) is 2.95. The molecule has 0 saturated heterocycles. The Morgan fingerprint density at radius 3 is 3.06 bits per heavy atom. The second-order valence-corrected chi connectivity index (χ2v) is 4.19. The quantitative estimate of drug-likeness (QED) is 0.817. The fourth-order valence-electron chi connectivity index (χ4n) is 1.95. The molecule has 5 heteroatoms. The molecule has 0 saturated carbocycles. The van der Waals surface area contributed by atoms with Crippen LogP contribution in [0.25, 0.3) is 0 Å². The van der Waals surface area contributed by atoms with E-state index in [1.807, 2.05) is 6.08 Å². The van der Waals surface area contributed by atoms with Crippen LogP contribution in [0.5, 0.6) is 5.75 Å². The van der Waals surface area contributed by atoms with Crippen LogP contribution in [0.3, 0.4) is 0 Å². The standard InChI is InChI=1S/C13H16N2O3/c1-18-9-10-3-6-15(7-4-10)13(17)11-2-5-14-8-12(11)16/h2-3,5,8,16H,4,6-7,9H2,1H3. The van der Waals surface area contributed by atoms with E-state index in [4.69, 9.17) is 4.74 Å². The summed E-state index contributed by atoms with van der Waals surface area (Å²) in [5.41, 5.74) is 1.51. The largest absolute Gasteiger partial charge is 0.505 e. The van der Waals surface area contributed by atoms with Crippen LogP contribution in [0, 0.1) is 0 Å². The van der Waals surface area contributed by atoms with Gasteiger partial charge in [0.1, 0.15) is 5.75 Å². The number of nitrogens with zero attached hydrogens (tertiary/aromatic N) is 2. The summed E-state index contributed by atoms with van der Waals surface area (Å²) in [6.07, 6.45) is 5.60. The number of ether oxygens (including phenoxy) is 1. The number of hydrogen-bond acceptors (Lipinski definition) is 4. The smallest absolute Gasteiger partial charge is 0.258 e. The first-order valence-electron chi connectivity index (χ1n) is 5.81. The lowest BCUT2D eigenvalue weighted by atomic mass is 10.1. The van der Waals surface area contributed by atoms with E-state index in [0.717, 1.165) is 6.42 Å². The third-order valence-corrected chi connectivity index (χ3v) is 2.95. The predicted octanol–water partition coefficient (Wildman–Crippen LogP) is 1.21. The van der Waals surface area contributed by atoms with E-state index in [9.17, 15) is 9.90 Å².